The van der Waals surface area contributed by atoms with Crippen molar-refractivity contribution in [2.75, 3.05) is 11.9 Å². The quantitative estimate of drug-likeness (QED) is 0.191. The van der Waals surface area contributed by atoms with Gasteiger partial charge in [0.15, 0.2) is 10.9 Å². The summed E-state index contributed by atoms with van der Waals surface area (Å²) in [6.45, 7) is 3.67. The molecule has 0 spiro atoms. The van der Waals surface area contributed by atoms with Gasteiger partial charge < -0.3 is 9.73 Å². The van der Waals surface area contributed by atoms with E-state index in [0.29, 0.717) is 27.7 Å². The van der Waals surface area contributed by atoms with Gasteiger partial charge in [0, 0.05) is 41.3 Å². The molecule has 4 rings (SSSR count). The zero-order valence-electron chi connectivity index (χ0n) is 18.1. The van der Waals surface area contributed by atoms with E-state index in [1.807, 2.05) is 24.3 Å². The first kappa shape index (κ1) is 23.7. The Morgan fingerprint density at radius 1 is 1.06 bits per heavy atom. The van der Waals surface area contributed by atoms with Crippen LogP contribution in [0.1, 0.15) is 21.7 Å². The predicted octanol–water partition coefficient (Wildman–Crippen LogP) is 4.37. The summed E-state index contributed by atoms with van der Waals surface area (Å²) in [4.78, 5) is 21.5. The van der Waals surface area contributed by atoms with Gasteiger partial charge >= 0.3 is 0 Å². The largest absolute Gasteiger partial charge is 0.451 e. The third-order valence-electron chi connectivity index (χ3n) is 4.81. The SMILES string of the molecule is C=CCNS(=O)(=O)Cc1ccc(NC(=O)c2oc3ccccc3c2CSc2ncccn2)cc1. The van der Waals surface area contributed by atoms with Crippen LogP contribution in [0.25, 0.3) is 11.0 Å². The molecule has 0 aliphatic heterocycles. The van der Waals surface area contributed by atoms with Crippen LogP contribution in [0.5, 0.6) is 0 Å². The summed E-state index contributed by atoms with van der Waals surface area (Å²) in [5, 5.41) is 4.29. The zero-order valence-corrected chi connectivity index (χ0v) is 19.7. The molecular formula is C24H22N4O4S2. The fraction of sp³-hybridized carbons (Fsp3) is 0.125. The summed E-state index contributed by atoms with van der Waals surface area (Å²) in [7, 11) is -3.46. The van der Waals surface area contributed by atoms with Crippen LogP contribution in [0.2, 0.25) is 0 Å². The minimum Gasteiger partial charge on any atom is -0.451 e. The van der Waals surface area contributed by atoms with E-state index >= 15 is 0 Å². The highest BCUT2D eigenvalue weighted by Gasteiger charge is 2.21. The van der Waals surface area contributed by atoms with Crippen LogP contribution in [0.4, 0.5) is 5.69 Å². The first-order valence-electron chi connectivity index (χ1n) is 10.3. The normalized spacial score (nSPS) is 11.4. The maximum absolute atomic E-state index is 13.1. The summed E-state index contributed by atoms with van der Waals surface area (Å²) in [6, 6.07) is 15.8. The van der Waals surface area contributed by atoms with Gasteiger partial charge in [-0.1, -0.05) is 48.2 Å². The Hall–Kier alpha value is -3.47. The minimum atomic E-state index is -3.46. The van der Waals surface area contributed by atoms with Crippen molar-refractivity contribution < 1.29 is 17.6 Å². The number of thioether (sulfide) groups is 1. The van der Waals surface area contributed by atoms with Crippen LogP contribution in [0.15, 0.2) is 89.2 Å². The second kappa shape index (κ2) is 10.6. The van der Waals surface area contributed by atoms with Crippen LogP contribution >= 0.6 is 11.8 Å². The van der Waals surface area contributed by atoms with E-state index in [2.05, 4.69) is 26.6 Å². The van der Waals surface area contributed by atoms with E-state index in [1.54, 1.807) is 42.7 Å². The molecular weight excluding hydrogens is 472 g/mol. The molecule has 8 nitrogen and oxygen atoms in total. The highest BCUT2D eigenvalue weighted by molar-refractivity contribution is 7.98. The van der Waals surface area contributed by atoms with Crippen LogP contribution < -0.4 is 10.0 Å². The van der Waals surface area contributed by atoms with Gasteiger partial charge in [-0.15, -0.1) is 6.58 Å². The average molecular weight is 495 g/mol. The molecule has 2 N–H and O–H groups in total. The van der Waals surface area contributed by atoms with Crippen molar-refractivity contribution in [2.24, 2.45) is 0 Å². The Kier molecular flexibility index (Phi) is 7.41. The summed E-state index contributed by atoms with van der Waals surface area (Å²) in [5.74, 6) is 0.110. The fourth-order valence-electron chi connectivity index (χ4n) is 3.25. The molecule has 10 heteroatoms. The van der Waals surface area contributed by atoms with E-state index in [-0.39, 0.29) is 18.1 Å². The lowest BCUT2D eigenvalue weighted by Gasteiger charge is -2.08. The van der Waals surface area contributed by atoms with Crippen molar-refractivity contribution in [2.45, 2.75) is 16.7 Å². The lowest BCUT2D eigenvalue weighted by molar-refractivity contribution is 0.0998. The number of anilines is 1. The molecule has 0 aliphatic carbocycles. The van der Waals surface area contributed by atoms with Gasteiger partial charge in [0.25, 0.3) is 5.91 Å². The number of sulfonamides is 1. The summed E-state index contributed by atoms with van der Waals surface area (Å²) in [6.07, 6.45) is 4.82. The van der Waals surface area contributed by atoms with Crippen molar-refractivity contribution >= 4 is 44.3 Å². The van der Waals surface area contributed by atoms with Crippen LogP contribution in [-0.4, -0.2) is 30.8 Å². The van der Waals surface area contributed by atoms with Gasteiger partial charge in [0.05, 0.1) is 5.75 Å². The van der Waals surface area contributed by atoms with E-state index in [4.69, 9.17) is 4.42 Å². The van der Waals surface area contributed by atoms with Crippen molar-refractivity contribution in [1.29, 1.82) is 0 Å². The van der Waals surface area contributed by atoms with E-state index in [1.165, 1.54) is 17.8 Å². The van der Waals surface area contributed by atoms with Gasteiger partial charge in [-0.2, -0.15) is 0 Å². The monoisotopic (exact) mass is 494 g/mol. The number of hydrogen-bond acceptors (Lipinski definition) is 7. The van der Waals surface area contributed by atoms with E-state index in [9.17, 15) is 13.2 Å². The lowest BCUT2D eigenvalue weighted by atomic mass is 10.1. The Morgan fingerprint density at radius 3 is 2.53 bits per heavy atom. The predicted molar refractivity (Wildman–Crippen MR) is 133 cm³/mol. The highest BCUT2D eigenvalue weighted by atomic mass is 32.2. The molecule has 2 aromatic carbocycles. The van der Waals surface area contributed by atoms with Crippen LogP contribution in [-0.2, 0) is 21.5 Å². The average Bonchev–Trinajstić information content (AvgIpc) is 3.22. The molecule has 0 bridgehead atoms. The van der Waals surface area contributed by atoms with Crippen molar-refractivity contribution in [3.63, 3.8) is 0 Å². The maximum Gasteiger partial charge on any atom is 0.291 e. The summed E-state index contributed by atoms with van der Waals surface area (Å²) in [5.41, 5.74) is 2.49. The van der Waals surface area contributed by atoms with Crippen molar-refractivity contribution in [3.8, 4) is 0 Å². The molecule has 0 radical (unpaired) electrons. The maximum atomic E-state index is 13.1. The number of benzene rings is 2. The molecule has 34 heavy (non-hydrogen) atoms. The molecule has 0 atom stereocenters. The number of aromatic nitrogens is 2. The Balaban J connectivity index is 1.51. The standard InChI is InChI=1S/C24H22N4O4S2/c1-2-12-27-34(30,31)16-17-8-10-18(11-9-17)28-23(29)22-20(15-33-24-25-13-5-14-26-24)19-6-3-4-7-21(19)32-22/h2-11,13-14,27H,1,12,15-16H2,(H,28,29). The first-order valence-corrected chi connectivity index (χ1v) is 13.0. The third kappa shape index (κ3) is 5.90. The van der Waals surface area contributed by atoms with Gasteiger partial charge in [0.2, 0.25) is 10.0 Å². The second-order valence-corrected chi connectivity index (χ2v) is 10.0. The van der Waals surface area contributed by atoms with Gasteiger partial charge in [-0.3, -0.25) is 4.79 Å². The number of furan rings is 1. The Bertz CT molecular complexity index is 1400. The number of fused-ring (bicyclic) bond motifs is 1. The molecule has 0 fully saturated rings. The van der Waals surface area contributed by atoms with Gasteiger partial charge in [-0.05, 0) is 29.8 Å². The van der Waals surface area contributed by atoms with Gasteiger partial charge in [0.1, 0.15) is 5.58 Å². The van der Waals surface area contributed by atoms with Crippen molar-refractivity contribution in [1.82, 2.24) is 14.7 Å². The number of amides is 1. The first-order chi connectivity index (χ1) is 16.4. The molecule has 0 aliphatic rings. The van der Waals surface area contributed by atoms with Crippen molar-refractivity contribution in [3.05, 3.63) is 96.5 Å². The lowest BCUT2D eigenvalue weighted by Crippen LogP contribution is -2.25. The number of carbonyl (C=O) groups excluding carboxylic acids is 1. The smallest absolute Gasteiger partial charge is 0.291 e. The molecule has 174 valence electrons. The molecule has 2 heterocycles. The van der Waals surface area contributed by atoms with E-state index < -0.39 is 15.9 Å². The summed E-state index contributed by atoms with van der Waals surface area (Å²) >= 11 is 1.41. The molecule has 0 saturated carbocycles. The van der Waals surface area contributed by atoms with Gasteiger partial charge in [-0.25, -0.2) is 23.1 Å². The molecule has 4 aromatic rings. The molecule has 0 unspecified atom stereocenters. The Labute approximate surface area is 201 Å². The fourth-order valence-corrected chi connectivity index (χ4v) is 5.19. The van der Waals surface area contributed by atoms with Crippen LogP contribution in [0.3, 0.4) is 0 Å². The molecule has 2 aromatic heterocycles. The number of nitrogens with zero attached hydrogens (tertiary/aromatic N) is 2. The highest BCUT2D eigenvalue weighted by Crippen LogP contribution is 2.31. The van der Waals surface area contributed by atoms with E-state index in [0.717, 1.165) is 10.9 Å². The number of para-hydroxylation sites is 1. The summed E-state index contributed by atoms with van der Waals surface area (Å²) < 4.78 is 32.4. The second-order valence-electron chi connectivity index (χ2n) is 7.27. The number of hydrogen-bond donors (Lipinski definition) is 2. The number of nitrogens with one attached hydrogen (secondary N) is 2. The molecule has 1 amide bonds. The topological polar surface area (TPSA) is 114 Å². The molecule has 0 saturated heterocycles. The zero-order chi connectivity index (χ0) is 24.0. The number of rotatable bonds is 10. The number of carbonyl (C=O) groups is 1. The van der Waals surface area contributed by atoms with Crippen LogP contribution in [0, 0.1) is 0 Å². The minimum absolute atomic E-state index is 0.165. The third-order valence-corrected chi connectivity index (χ3v) is 7.03. The Morgan fingerprint density at radius 2 is 1.79 bits per heavy atom.